The number of nitriles is 1. The van der Waals surface area contributed by atoms with Crippen LogP contribution >= 0.6 is 0 Å². The minimum Gasteiger partial charge on any atom is -0.378 e. The Balaban J connectivity index is 2.30. The standard InChI is InChI=1S/C14H13N3O2/c15-9-11-13(17-5-7-19-8-6-17)10-3-1-2-4-12(10)16-14(11)18/h1-4H,5-8H2,(H,16,18). The summed E-state index contributed by atoms with van der Waals surface area (Å²) < 4.78 is 5.33. The molecule has 96 valence electrons. The van der Waals surface area contributed by atoms with E-state index in [2.05, 4.69) is 9.88 Å². The number of benzene rings is 1. The summed E-state index contributed by atoms with van der Waals surface area (Å²) in [5.41, 5.74) is 1.33. The van der Waals surface area contributed by atoms with Crippen LogP contribution in [0.3, 0.4) is 0 Å². The predicted octanol–water partition coefficient (Wildman–Crippen LogP) is 1.24. The number of hydrogen-bond acceptors (Lipinski definition) is 4. The molecule has 1 aromatic carbocycles. The van der Waals surface area contributed by atoms with E-state index in [1.807, 2.05) is 30.3 Å². The second-order valence-corrected chi connectivity index (χ2v) is 4.43. The molecule has 0 unspecified atom stereocenters. The Kier molecular flexibility index (Phi) is 2.94. The number of ether oxygens (including phenoxy) is 1. The molecule has 2 aromatic rings. The first-order valence-corrected chi connectivity index (χ1v) is 6.19. The molecule has 1 fully saturated rings. The minimum absolute atomic E-state index is 0.181. The summed E-state index contributed by atoms with van der Waals surface area (Å²) in [5.74, 6) is 0. The molecule has 3 rings (SSSR count). The van der Waals surface area contributed by atoms with Crippen molar-refractivity contribution in [3.8, 4) is 6.07 Å². The first kappa shape index (κ1) is 11.8. The summed E-state index contributed by atoms with van der Waals surface area (Å²) >= 11 is 0. The van der Waals surface area contributed by atoms with E-state index in [-0.39, 0.29) is 11.1 Å². The van der Waals surface area contributed by atoms with Crippen molar-refractivity contribution >= 4 is 16.6 Å². The van der Waals surface area contributed by atoms with Crippen molar-refractivity contribution < 1.29 is 4.74 Å². The number of morpholine rings is 1. The Bertz CT molecular complexity index is 709. The lowest BCUT2D eigenvalue weighted by Crippen LogP contribution is -2.37. The Labute approximate surface area is 110 Å². The van der Waals surface area contributed by atoms with Gasteiger partial charge in [-0.25, -0.2) is 0 Å². The zero-order valence-corrected chi connectivity index (χ0v) is 10.3. The fourth-order valence-corrected chi connectivity index (χ4v) is 2.44. The van der Waals surface area contributed by atoms with Gasteiger partial charge in [-0.2, -0.15) is 5.26 Å². The number of para-hydroxylation sites is 1. The maximum absolute atomic E-state index is 12.0. The lowest BCUT2D eigenvalue weighted by Gasteiger charge is -2.30. The molecule has 0 bridgehead atoms. The van der Waals surface area contributed by atoms with Gasteiger partial charge in [0.2, 0.25) is 0 Å². The quantitative estimate of drug-likeness (QED) is 0.832. The van der Waals surface area contributed by atoms with Gasteiger partial charge in [-0.1, -0.05) is 18.2 Å². The van der Waals surface area contributed by atoms with Gasteiger partial charge in [0.15, 0.2) is 0 Å². The summed E-state index contributed by atoms with van der Waals surface area (Å²) in [4.78, 5) is 16.8. The van der Waals surface area contributed by atoms with Gasteiger partial charge in [0.25, 0.3) is 5.56 Å². The van der Waals surface area contributed by atoms with Gasteiger partial charge in [-0.3, -0.25) is 4.79 Å². The molecule has 0 radical (unpaired) electrons. The minimum atomic E-state index is -0.331. The molecule has 19 heavy (non-hydrogen) atoms. The van der Waals surface area contributed by atoms with Crippen LogP contribution in [0.4, 0.5) is 5.69 Å². The van der Waals surface area contributed by atoms with Crippen LogP contribution in [0.25, 0.3) is 10.9 Å². The number of pyridine rings is 1. The second kappa shape index (κ2) is 4.75. The maximum atomic E-state index is 12.0. The van der Waals surface area contributed by atoms with Crippen LogP contribution < -0.4 is 10.5 Å². The predicted molar refractivity (Wildman–Crippen MR) is 72.3 cm³/mol. The lowest BCUT2D eigenvalue weighted by atomic mass is 10.1. The number of rotatable bonds is 1. The van der Waals surface area contributed by atoms with Gasteiger partial charge >= 0.3 is 0 Å². The van der Waals surface area contributed by atoms with Gasteiger partial charge in [0.1, 0.15) is 11.6 Å². The summed E-state index contributed by atoms with van der Waals surface area (Å²) in [6.07, 6.45) is 0. The highest BCUT2D eigenvalue weighted by atomic mass is 16.5. The molecular weight excluding hydrogens is 242 g/mol. The third kappa shape index (κ3) is 1.96. The van der Waals surface area contributed by atoms with Crippen LogP contribution in [0.15, 0.2) is 29.1 Å². The topological polar surface area (TPSA) is 69.1 Å². The van der Waals surface area contributed by atoms with Crippen molar-refractivity contribution in [1.29, 1.82) is 5.26 Å². The smallest absolute Gasteiger partial charge is 0.268 e. The molecule has 0 aliphatic carbocycles. The molecule has 0 spiro atoms. The molecule has 1 saturated heterocycles. The largest absolute Gasteiger partial charge is 0.378 e. The molecule has 0 atom stereocenters. The van der Waals surface area contributed by atoms with E-state index in [1.165, 1.54) is 0 Å². The van der Waals surface area contributed by atoms with E-state index in [9.17, 15) is 10.1 Å². The molecule has 0 amide bonds. The van der Waals surface area contributed by atoms with Crippen molar-refractivity contribution in [3.63, 3.8) is 0 Å². The monoisotopic (exact) mass is 255 g/mol. The maximum Gasteiger partial charge on any atom is 0.268 e. The van der Waals surface area contributed by atoms with Gasteiger partial charge in [0.05, 0.1) is 24.4 Å². The number of aromatic amines is 1. The molecule has 1 N–H and O–H groups in total. The van der Waals surface area contributed by atoms with Gasteiger partial charge in [0, 0.05) is 18.5 Å². The average Bonchev–Trinajstić information content (AvgIpc) is 2.46. The number of aromatic nitrogens is 1. The number of fused-ring (bicyclic) bond motifs is 1. The zero-order chi connectivity index (χ0) is 13.2. The molecule has 1 aliphatic heterocycles. The Morgan fingerprint density at radius 1 is 1.26 bits per heavy atom. The highest BCUT2D eigenvalue weighted by Gasteiger charge is 2.20. The van der Waals surface area contributed by atoms with Crippen LogP contribution in [0.1, 0.15) is 5.56 Å². The van der Waals surface area contributed by atoms with E-state index in [0.717, 1.165) is 16.6 Å². The van der Waals surface area contributed by atoms with E-state index < -0.39 is 0 Å². The summed E-state index contributed by atoms with van der Waals surface area (Å²) in [5, 5.41) is 10.2. The normalized spacial score (nSPS) is 15.4. The summed E-state index contributed by atoms with van der Waals surface area (Å²) in [6, 6.07) is 9.58. The number of nitrogens with zero attached hydrogens (tertiary/aromatic N) is 2. The SMILES string of the molecule is N#Cc1c(N2CCOCC2)c2ccccc2[nH]c1=O. The van der Waals surface area contributed by atoms with Gasteiger partial charge < -0.3 is 14.6 Å². The second-order valence-electron chi connectivity index (χ2n) is 4.43. The first-order chi connectivity index (χ1) is 9.31. The van der Waals surface area contributed by atoms with E-state index >= 15 is 0 Å². The zero-order valence-electron chi connectivity index (χ0n) is 10.3. The van der Waals surface area contributed by atoms with Crippen LogP contribution in [-0.2, 0) is 4.74 Å². The first-order valence-electron chi connectivity index (χ1n) is 6.19. The van der Waals surface area contributed by atoms with Gasteiger partial charge in [-0.15, -0.1) is 0 Å². The third-order valence-electron chi connectivity index (χ3n) is 3.33. The molecule has 5 heteroatoms. The molecule has 1 aromatic heterocycles. The Hall–Kier alpha value is -2.32. The lowest BCUT2D eigenvalue weighted by molar-refractivity contribution is 0.123. The number of anilines is 1. The van der Waals surface area contributed by atoms with E-state index in [0.29, 0.717) is 26.3 Å². The fourth-order valence-electron chi connectivity index (χ4n) is 2.44. The molecule has 2 heterocycles. The van der Waals surface area contributed by atoms with Crippen LogP contribution in [-0.4, -0.2) is 31.3 Å². The Morgan fingerprint density at radius 3 is 2.74 bits per heavy atom. The Morgan fingerprint density at radius 2 is 2.00 bits per heavy atom. The van der Waals surface area contributed by atoms with Crippen molar-refractivity contribution in [2.45, 2.75) is 0 Å². The van der Waals surface area contributed by atoms with E-state index in [4.69, 9.17) is 4.74 Å². The average molecular weight is 255 g/mol. The number of nitrogens with one attached hydrogen (secondary N) is 1. The molecule has 1 aliphatic rings. The van der Waals surface area contributed by atoms with Crippen molar-refractivity contribution in [2.24, 2.45) is 0 Å². The van der Waals surface area contributed by atoms with Crippen molar-refractivity contribution in [1.82, 2.24) is 4.98 Å². The van der Waals surface area contributed by atoms with Crippen molar-refractivity contribution in [3.05, 3.63) is 40.2 Å². The highest BCUT2D eigenvalue weighted by Crippen LogP contribution is 2.27. The summed E-state index contributed by atoms with van der Waals surface area (Å²) in [6.45, 7) is 2.63. The van der Waals surface area contributed by atoms with E-state index in [1.54, 1.807) is 0 Å². The molecule has 5 nitrogen and oxygen atoms in total. The van der Waals surface area contributed by atoms with Crippen LogP contribution in [0.2, 0.25) is 0 Å². The number of H-pyrrole nitrogens is 1. The fraction of sp³-hybridized carbons (Fsp3) is 0.286. The van der Waals surface area contributed by atoms with Gasteiger partial charge in [-0.05, 0) is 6.07 Å². The van der Waals surface area contributed by atoms with Crippen LogP contribution in [0.5, 0.6) is 0 Å². The summed E-state index contributed by atoms with van der Waals surface area (Å²) in [7, 11) is 0. The van der Waals surface area contributed by atoms with Crippen LogP contribution in [0, 0.1) is 11.3 Å². The highest BCUT2D eigenvalue weighted by molar-refractivity contribution is 5.94. The number of hydrogen-bond donors (Lipinski definition) is 1. The van der Waals surface area contributed by atoms with Crippen molar-refractivity contribution in [2.75, 3.05) is 31.2 Å². The molecular formula is C14H13N3O2. The molecule has 0 saturated carbocycles. The third-order valence-corrected chi connectivity index (χ3v) is 3.33.